The Bertz CT molecular complexity index is 1580. The van der Waals surface area contributed by atoms with E-state index in [2.05, 4.69) is 44.8 Å². The molecule has 0 radical (unpaired) electrons. The number of esters is 1. The molecular formula is C37H45N5O7. The van der Waals surface area contributed by atoms with Crippen LogP contribution in [0, 0.1) is 5.92 Å². The Morgan fingerprint density at radius 2 is 1.67 bits per heavy atom. The SMILES string of the molecule is CCOC(=O)CNC(=O)Nc1ccc([C@H]2O[C@@H](CN3CCC4(CC3)C(=O)NCN4c3ccccc3)[C@@H](C)[C@@H](c3ccc(CO)cc3)O2)cc1. The van der Waals surface area contributed by atoms with Crippen LogP contribution in [0.3, 0.4) is 0 Å². The monoisotopic (exact) mass is 671 g/mol. The summed E-state index contributed by atoms with van der Waals surface area (Å²) in [7, 11) is 0. The maximum atomic E-state index is 13.2. The zero-order chi connectivity index (χ0) is 34.4. The summed E-state index contributed by atoms with van der Waals surface area (Å²) < 4.78 is 18.1. The van der Waals surface area contributed by atoms with Crippen LogP contribution in [0.1, 0.15) is 55.8 Å². The van der Waals surface area contributed by atoms with Crippen molar-refractivity contribution >= 4 is 29.3 Å². The number of nitrogens with zero attached hydrogens (tertiary/aromatic N) is 2. The van der Waals surface area contributed by atoms with E-state index in [4.69, 9.17) is 14.2 Å². The van der Waals surface area contributed by atoms with Gasteiger partial charge >= 0.3 is 12.0 Å². The van der Waals surface area contributed by atoms with Gasteiger partial charge in [0.2, 0.25) is 5.91 Å². The molecule has 12 heteroatoms. The molecule has 49 heavy (non-hydrogen) atoms. The van der Waals surface area contributed by atoms with Gasteiger partial charge < -0.3 is 45.1 Å². The summed E-state index contributed by atoms with van der Waals surface area (Å²) in [4.78, 5) is 41.7. The molecule has 0 unspecified atom stereocenters. The Balaban J connectivity index is 1.15. The average Bonchev–Trinajstić information content (AvgIpc) is 3.44. The standard InChI is InChI=1S/C37H45N5O7/c1-3-47-32(44)21-38-36(46)40-29-15-13-28(14-16-29)34-48-31(25(2)33(49-34)27-11-9-26(23-43)10-12-27)22-41-19-17-37(18-20-41)35(45)39-24-42(37)30-7-5-4-6-8-30/h4-16,25,31,33-34,43H,3,17-24H2,1-2H3,(H,39,45)(H2,38,40,46)/t25-,31+,33+,34+/m1/s1. The van der Waals surface area contributed by atoms with Crippen LogP contribution in [-0.4, -0.2) is 79.0 Å². The van der Waals surface area contributed by atoms with Crippen molar-refractivity contribution in [3.63, 3.8) is 0 Å². The first-order chi connectivity index (χ1) is 23.8. The maximum Gasteiger partial charge on any atom is 0.325 e. The van der Waals surface area contributed by atoms with Crippen molar-refractivity contribution in [3.05, 3.63) is 95.6 Å². The van der Waals surface area contributed by atoms with Gasteiger partial charge in [-0.05, 0) is 55.2 Å². The molecule has 3 heterocycles. The van der Waals surface area contributed by atoms with Gasteiger partial charge in [0.1, 0.15) is 12.1 Å². The summed E-state index contributed by atoms with van der Waals surface area (Å²) >= 11 is 0. The van der Waals surface area contributed by atoms with Crippen LogP contribution < -0.4 is 20.9 Å². The Hall–Kier alpha value is -4.49. The summed E-state index contributed by atoms with van der Waals surface area (Å²) in [6.45, 7) is 6.52. The number of hydrogen-bond acceptors (Lipinski definition) is 9. The molecule has 12 nitrogen and oxygen atoms in total. The third kappa shape index (κ3) is 7.73. The van der Waals surface area contributed by atoms with E-state index in [0.717, 1.165) is 35.5 Å². The second-order valence-electron chi connectivity index (χ2n) is 12.8. The molecule has 0 aliphatic carbocycles. The van der Waals surface area contributed by atoms with Crippen molar-refractivity contribution < 1.29 is 33.7 Å². The highest BCUT2D eigenvalue weighted by atomic mass is 16.7. The average molecular weight is 672 g/mol. The number of ether oxygens (including phenoxy) is 3. The first kappa shape index (κ1) is 34.4. The molecule has 4 atom stereocenters. The molecular weight excluding hydrogens is 626 g/mol. The number of benzene rings is 3. The molecule has 3 aliphatic rings. The van der Waals surface area contributed by atoms with Crippen LogP contribution in [0.25, 0.3) is 0 Å². The van der Waals surface area contributed by atoms with Gasteiger partial charge in [-0.3, -0.25) is 9.59 Å². The highest BCUT2D eigenvalue weighted by Gasteiger charge is 2.51. The molecule has 260 valence electrons. The lowest BCUT2D eigenvalue weighted by Gasteiger charge is -2.46. The summed E-state index contributed by atoms with van der Waals surface area (Å²) in [6, 6.07) is 24.6. The molecule has 3 amide bonds. The number of urea groups is 1. The molecule has 3 saturated heterocycles. The molecule has 3 aromatic carbocycles. The number of carbonyl (C=O) groups excluding carboxylic acids is 3. The smallest absolute Gasteiger partial charge is 0.325 e. The summed E-state index contributed by atoms with van der Waals surface area (Å²) in [6.07, 6.45) is 0.309. The van der Waals surface area contributed by atoms with Crippen molar-refractivity contribution in [1.29, 1.82) is 0 Å². The molecule has 0 bridgehead atoms. The van der Waals surface area contributed by atoms with Gasteiger partial charge in [-0.15, -0.1) is 0 Å². The Kier molecular flexibility index (Phi) is 10.8. The van der Waals surface area contributed by atoms with Gasteiger partial charge in [0.15, 0.2) is 6.29 Å². The number of carbonyl (C=O) groups is 3. The van der Waals surface area contributed by atoms with E-state index in [-0.39, 0.29) is 43.8 Å². The molecule has 4 N–H and O–H groups in total. The van der Waals surface area contributed by atoms with Crippen molar-refractivity contribution in [2.24, 2.45) is 5.92 Å². The van der Waals surface area contributed by atoms with Gasteiger partial charge in [-0.2, -0.15) is 0 Å². The van der Waals surface area contributed by atoms with E-state index in [9.17, 15) is 19.5 Å². The van der Waals surface area contributed by atoms with E-state index >= 15 is 0 Å². The predicted octanol–water partition coefficient (Wildman–Crippen LogP) is 4.08. The van der Waals surface area contributed by atoms with Crippen LogP contribution in [0.4, 0.5) is 16.2 Å². The minimum Gasteiger partial charge on any atom is -0.465 e. The number of rotatable bonds is 10. The minimum atomic E-state index is -0.666. The van der Waals surface area contributed by atoms with Gasteiger partial charge in [0, 0.05) is 42.5 Å². The van der Waals surface area contributed by atoms with Crippen LogP contribution in [-0.2, 0) is 30.4 Å². The predicted molar refractivity (Wildman–Crippen MR) is 183 cm³/mol. The van der Waals surface area contributed by atoms with Crippen molar-refractivity contribution in [1.82, 2.24) is 15.5 Å². The zero-order valence-electron chi connectivity index (χ0n) is 28.0. The maximum absolute atomic E-state index is 13.2. The van der Waals surface area contributed by atoms with E-state index < -0.39 is 23.8 Å². The Labute approximate surface area is 286 Å². The van der Waals surface area contributed by atoms with E-state index in [0.29, 0.717) is 31.7 Å². The first-order valence-corrected chi connectivity index (χ1v) is 16.9. The molecule has 0 saturated carbocycles. The van der Waals surface area contributed by atoms with E-state index in [1.807, 2.05) is 54.6 Å². The lowest BCUT2D eigenvalue weighted by Crippen LogP contribution is -2.57. The van der Waals surface area contributed by atoms with Crippen molar-refractivity contribution in [3.8, 4) is 0 Å². The fourth-order valence-corrected chi connectivity index (χ4v) is 6.98. The zero-order valence-corrected chi connectivity index (χ0v) is 28.0. The van der Waals surface area contributed by atoms with Crippen LogP contribution in [0.5, 0.6) is 0 Å². The second kappa shape index (κ2) is 15.4. The quantitative estimate of drug-likeness (QED) is 0.235. The van der Waals surface area contributed by atoms with E-state index in [1.54, 1.807) is 19.1 Å². The topological polar surface area (TPSA) is 142 Å². The summed E-state index contributed by atoms with van der Waals surface area (Å²) in [5, 5.41) is 17.9. The Morgan fingerprint density at radius 3 is 2.35 bits per heavy atom. The third-order valence-electron chi connectivity index (χ3n) is 9.79. The second-order valence-corrected chi connectivity index (χ2v) is 12.8. The lowest BCUT2D eigenvalue weighted by molar-refractivity contribution is -0.276. The van der Waals surface area contributed by atoms with Crippen LogP contribution in [0.15, 0.2) is 78.9 Å². The molecule has 3 aromatic rings. The number of anilines is 2. The number of para-hydroxylation sites is 1. The van der Waals surface area contributed by atoms with Crippen LogP contribution >= 0.6 is 0 Å². The van der Waals surface area contributed by atoms with Gasteiger partial charge in [0.25, 0.3) is 0 Å². The van der Waals surface area contributed by atoms with Gasteiger partial charge in [0.05, 0.1) is 32.1 Å². The number of likely N-dealkylation sites (tertiary alicyclic amines) is 1. The minimum absolute atomic E-state index is 0.00624. The fourth-order valence-electron chi connectivity index (χ4n) is 6.98. The molecule has 3 fully saturated rings. The lowest BCUT2D eigenvalue weighted by atomic mass is 9.84. The van der Waals surface area contributed by atoms with Gasteiger partial charge in [-0.25, -0.2) is 4.79 Å². The summed E-state index contributed by atoms with van der Waals surface area (Å²) in [5.74, 6) is -0.412. The number of aliphatic hydroxyl groups excluding tert-OH is 1. The third-order valence-corrected chi connectivity index (χ3v) is 9.79. The fraction of sp³-hybridized carbons (Fsp3) is 0.432. The normalized spacial score (nSPS) is 23.6. The van der Waals surface area contributed by atoms with Crippen LogP contribution in [0.2, 0.25) is 0 Å². The molecule has 3 aliphatic heterocycles. The number of hydrogen-bond donors (Lipinski definition) is 4. The molecule has 1 spiro atoms. The van der Waals surface area contributed by atoms with E-state index in [1.165, 1.54) is 0 Å². The first-order valence-electron chi connectivity index (χ1n) is 16.9. The summed E-state index contributed by atoms with van der Waals surface area (Å²) in [5.41, 5.74) is 3.65. The molecule has 0 aromatic heterocycles. The highest BCUT2D eigenvalue weighted by molar-refractivity contribution is 5.93. The van der Waals surface area contributed by atoms with Crippen molar-refractivity contribution in [2.75, 3.05) is 49.7 Å². The van der Waals surface area contributed by atoms with Gasteiger partial charge in [-0.1, -0.05) is 61.5 Å². The largest absolute Gasteiger partial charge is 0.465 e. The Morgan fingerprint density at radius 1 is 0.980 bits per heavy atom. The molecule has 6 rings (SSSR count). The highest BCUT2D eigenvalue weighted by Crippen LogP contribution is 2.43. The number of nitrogens with one attached hydrogen (secondary N) is 3. The number of amides is 3. The number of aliphatic hydroxyl groups is 1. The van der Waals surface area contributed by atoms with Crippen molar-refractivity contribution in [2.45, 2.75) is 57.3 Å². The number of piperidine rings is 1.